The molecule has 37 heavy (non-hydrogen) atoms. The van der Waals surface area contributed by atoms with Crippen molar-refractivity contribution in [2.24, 2.45) is 0 Å². The third kappa shape index (κ3) is 5.74. The number of nitrogen functional groups attached to an aromatic ring is 1. The standard InChI is InChI=1S/C28H32N8O/c1-19(34(3)4)9-11-23-21(18-29)10-12-27(31-23)36-16-15-35(14-13-20(36)2)25-17-24(32-33-28(25)30)22-7-5-6-8-26(22)37/h5-8,10,12,17,19-20,37H,13-16H2,1-4H3,(H2,30,33)/t19-,20-/m1/s1. The Morgan fingerprint density at radius 3 is 2.65 bits per heavy atom. The first-order valence-corrected chi connectivity index (χ1v) is 12.3. The van der Waals surface area contributed by atoms with Gasteiger partial charge in [-0.25, -0.2) is 4.98 Å². The molecule has 9 heteroatoms. The molecule has 2 atom stereocenters. The minimum Gasteiger partial charge on any atom is -0.507 e. The molecule has 0 amide bonds. The monoisotopic (exact) mass is 496 g/mol. The molecule has 3 aromatic rings. The highest BCUT2D eigenvalue weighted by atomic mass is 16.3. The molecule has 0 spiro atoms. The molecule has 1 fully saturated rings. The fraction of sp³-hybridized carbons (Fsp3) is 0.357. The summed E-state index contributed by atoms with van der Waals surface area (Å²) in [5.74, 6) is 7.58. The second kappa shape index (κ2) is 11.2. The van der Waals surface area contributed by atoms with Crippen LogP contribution in [0, 0.1) is 23.2 Å². The zero-order chi connectivity index (χ0) is 26.5. The zero-order valence-electron chi connectivity index (χ0n) is 21.7. The Morgan fingerprint density at radius 1 is 1.14 bits per heavy atom. The molecule has 9 nitrogen and oxygen atoms in total. The maximum absolute atomic E-state index is 10.3. The van der Waals surface area contributed by atoms with Crippen LogP contribution in [-0.2, 0) is 0 Å². The van der Waals surface area contributed by atoms with Crippen molar-refractivity contribution < 1.29 is 5.11 Å². The van der Waals surface area contributed by atoms with Gasteiger partial charge in [0.1, 0.15) is 23.3 Å². The van der Waals surface area contributed by atoms with Crippen molar-refractivity contribution in [2.75, 3.05) is 49.3 Å². The summed E-state index contributed by atoms with van der Waals surface area (Å²) in [6.45, 7) is 6.36. The Balaban J connectivity index is 1.59. The maximum Gasteiger partial charge on any atom is 0.169 e. The van der Waals surface area contributed by atoms with Crippen LogP contribution in [0.5, 0.6) is 5.75 Å². The number of aromatic hydroxyl groups is 1. The summed E-state index contributed by atoms with van der Waals surface area (Å²) < 4.78 is 0. The van der Waals surface area contributed by atoms with Crippen LogP contribution >= 0.6 is 0 Å². The number of hydrogen-bond donors (Lipinski definition) is 2. The molecular weight excluding hydrogens is 464 g/mol. The second-order valence-corrected chi connectivity index (χ2v) is 9.42. The number of aromatic nitrogens is 3. The largest absolute Gasteiger partial charge is 0.507 e. The highest BCUT2D eigenvalue weighted by Crippen LogP contribution is 2.32. The van der Waals surface area contributed by atoms with E-state index in [1.807, 2.05) is 50.2 Å². The molecule has 3 N–H and O–H groups in total. The number of anilines is 3. The highest BCUT2D eigenvalue weighted by molar-refractivity contribution is 5.74. The van der Waals surface area contributed by atoms with Crippen LogP contribution in [0.2, 0.25) is 0 Å². The van der Waals surface area contributed by atoms with Gasteiger partial charge in [0.2, 0.25) is 0 Å². The van der Waals surface area contributed by atoms with Crippen molar-refractivity contribution in [3.8, 4) is 34.9 Å². The van der Waals surface area contributed by atoms with Gasteiger partial charge in [-0.3, -0.25) is 4.90 Å². The molecule has 190 valence electrons. The summed E-state index contributed by atoms with van der Waals surface area (Å²) in [5.41, 5.74) is 9.19. The Hall–Kier alpha value is -4.34. The quantitative estimate of drug-likeness (QED) is 0.525. The zero-order valence-corrected chi connectivity index (χ0v) is 21.7. The molecule has 0 aliphatic carbocycles. The maximum atomic E-state index is 10.3. The van der Waals surface area contributed by atoms with Crippen molar-refractivity contribution in [1.29, 1.82) is 5.26 Å². The SMILES string of the molecule is C[C@H](C#Cc1nc(N2CCN(c3cc(-c4ccccc4O)nnc3N)CC[C@H]2C)ccc1C#N)N(C)C. The van der Waals surface area contributed by atoms with E-state index < -0.39 is 0 Å². The van der Waals surface area contributed by atoms with Gasteiger partial charge in [0.25, 0.3) is 0 Å². The molecule has 3 heterocycles. The Bertz CT molecular complexity index is 1370. The van der Waals surface area contributed by atoms with E-state index >= 15 is 0 Å². The number of nitrogens with two attached hydrogens (primary N) is 1. The second-order valence-electron chi connectivity index (χ2n) is 9.42. The van der Waals surface area contributed by atoms with Gasteiger partial charge in [-0.05, 0) is 70.6 Å². The molecule has 1 saturated heterocycles. The molecule has 0 radical (unpaired) electrons. The lowest BCUT2D eigenvalue weighted by atomic mass is 10.1. The molecular formula is C28H32N8O. The molecule has 2 aromatic heterocycles. The summed E-state index contributed by atoms with van der Waals surface area (Å²) in [7, 11) is 3.94. The summed E-state index contributed by atoms with van der Waals surface area (Å²) in [6.07, 6.45) is 0.869. The van der Waals surface area contributed by atoms with Crippen LogP contribution in [0.1, 0.15) is 31.5 Å². The van der Waals surface area contributed by atoms with Gasteiger partial charge < -0.3 is 20.6 Å². The average Bonchev–Trinajstić information content (AvgIpc) is 3.09. The van der Waals surface area contributed by atoms with E-state index in [-0.39, 0.29) is 17.8 Å². The van der Waals surface area contributed by atoms with Crippen molar-refractivity contribution in [3.05, 3.63) is 53.7 Å². The molecule has 0 saturated carbocycles. The third-order valence-corrected chi connectivity index (χ3v) is 6.75. The van der Waals surface area contributed by atoms with Gasteiger partial charge in [-0.1, -0.05) is 18.1 Å². The molecule has 0 unspecified atom stereocenters. The summed E-state index contributed by atoms with van der Waals surface area (Å²) in [6, 6.07) is 15.1. The van der Waals surface area contributed by atoms with Crippen LogP contribution in [0.25, 0.3) is 11.3 Å². The van der Waals surface area contributed by atoms with E-state index in [1.165, 1.54) is 0 Å². The first kappa shape index (κ1) is 25.7. The first-order chi connectivity index (χ1) is 17.8. The number of para-hydroxylation sites is 1. The van der Waals surface area contributed by atoms with Gasteiger partial charge in [-0.2, -0.15) is 5.26 Å². The lowest BCUT2D eigenvalue weighted by Crippen LogP contribution is -2.35. The van der Waals surface area contributed by atoms with Gasteiger partial charge in [-0.15, -0.1) is 10.2 Å². The number of pyridine rings is 1. The molecule has 1 aromatic carbocycles. The predicted octanol–water partition coefficient (Wildman–Crippen LogP) is 3.10. The number of phenolic OH excluding ortho intramolecular Hbond substituents is 1. The van der Waals surface area contributed by atoms with Crippen LogP contribution in [-0.4, -0.2) is 71.0 Å². The minimum atomic E-state index is 0.0461. The fourth-order valence-corrected chi connectivity index (χ4v) is 4.20. The minimum absolute atomic E-state index is 0.0461. The molecule has 4 rings (SSSR count). The number of hydrogen-bond acceptors (Lipinski definition) is 9. The van der Waals surface area contributed by atoms with E-state index in [4.69, 9.17) is 10.7 Å². The Kier molecular flexibility index (Phi) is 7.76. The summed E-state index contributed by atoms with van der Waals surface area (Å²) in [5, 5.41) is 28.2. The number of rotatable bonds is 4. The summed E-state index contributed by atoms with van der Waals surface area (Å²) >= 11 is 0. The number of benzene rings is 1. The predicted molar refractivity (Wildman–Crippen MR) is 146 cm³/mol. The van der Waals surface area contributed by atoms with Gasteiger partial charge in [0, 0.05) is 31.2 Å². The van der Waals surface area contributed by atoms with E-state index in [0.717, 1.165) is 24.5 Å². The Labute approximate surface area is 218 Å². The van der Waals surface area contributed by atoms with Gasteiger partial charge in [0.15, 0.2) is 5.82 Å². The van der Waals surface area contributed by atoms with E-state index in [9.17, 15) is 10.4 Å². The number of phenols is 1. The van der Waals surface area contributed by atoms with Crippen LogP contribution in [0.3, 0.4) is 0 Å². The van der Waals surface area contributed by atoms with E-state index in [0.29, 0.717) is 41.4 Å². The van der Waals surface area contributed by atoms with Crippen LogP contribution in [0.4, 0.5) is 17.3 Å². The van der Waals surface area contributed by atoms with Crippen molar-refractivity contribution in [1.82, 2.24) is 20.1 Å². The fourth-order valence-electron chi connectivity index (χ4n) is 4.20. The molecule has 1 aliphatic rings. The smallest absolute Gasteiger partial charge is 0.169 e. The van der Waals surface area contributed by atoms with Crippen molar-refractivity contribution >= 4 is 17.3 Å². The number of nitriles is 1. The normalized spacial score (nSPS) is 16.5. The Morgan fingerprint density at radius 2 is 1.92 bits per heavy atom. The summed E-state index contributed by atoms with van der Waals surface area (Å²) in [4.78, 5) is 11.2. The molecule has 0 bridgehead atoms. The van der Waals surface area contributed by atoms with E-state index in [2.05, 4.69) is 44.8 Å². The highest BCUT2D eigenvalue weighted by Gasteiger charge is 2.25. The third-order valence-electron chi connectivity index (χ3n) is 6.75. The van der Waals surface area contributed by atoms with Crippen LogP contribution in [0.15, 0.2) is 42.5 Å². The lowest BCUT2D eigenvalue weighted by Gasteiger charge is -2.28. The van der Waals surface area contributed by atoms with Gasteiger partial charge in [0.05, 0.1) is 23.0 Å². The first-order valence-electron chi connectivity index (χ1n) is 12.3. The lowest BCUT2D eigenvalue weighted by molar-refractivity contribution is 0.373. The van der Waals surface area contributed by atoms with Crippen molar-refractivity contribution in [2.45, 2.75) is 32.4 Å². The van der Waals surface area contributed by atoms with Crippen molar-refractivity contribution in [3.63, 3.8) is 0 Å². The van der Waals surface area contributed by atoms with Gasteiger partial charge >= 0.3 is 0 Å². The molecule has 1 aliphatic heterocycles. The van der Waals surface area contributed by atoms with Crippen LogP contribution < -0.4 is 15.5 Å². The number of nitrogens with zero attached hydrogens (tertiary/aromatic N) is 7. The average molecular weight is 497 g/mol. The van der Waals surface area contributed by atoms with E-state index in [1.54, 1.807) is 18.2 Å². The topological polar surface area (TPSA) is 118 Å².